The Balaban J connectivity index is 1.49. The van der Waals surface area contributed by atoms with E-state index in [0.29, 0.717) is 23.0 Å². The molecule has 1 atom stereocenters. The number of aromatic nitrogens is 4. The Morgan fingerprint density at radius 1 is 1.41 bits per heavy atom. The first-order valence-corrected chi connectivity index (χ1v) is 8.65. The number of benzene rings is 1. The van der Waals surface area contributed by atoms with Crippen molar-refractivity contribution in [3.8, 4) is 11.8 Å². The number of aromatic amines is 1. The first-order valence-electron chi connectivity index (χ1n) is 8.65. The van der Waals surface area contributed by atoms with Crippen LogP contribution >= 0.6 is 0 Å². The molecular formula is C19H17FN6O. The van der Waals surface area contributed by atoms with Crippen molar-refractivity contribution in [2.24, 2.45) is 0 Å². The molecule has 0 bridgehead atoms. The summed E-state index contributed by atoms with van der Waals surface area (Å²) in [6.07, 6.45) is 5.50. The van der Waals surface area contributed by atoms with Gasteiger partial charge in [0.05, 0.1) is 35.1 Å². The van der Waals surface area contributed by atoms with Crippen LogP contribution in [0.5, 0.6) is 0 Å². The Labute approximate surface area is 154 Å². The van der Waals surface area contributed by atoms with Crippen LogP contribution in [0.25, 0.3) is 5.69 Å². The molecule has 1 aliphatic rings. The quantitative estimate of drug-likeness (QED) is 0.726. The summed E-state index contributed by atoms with van der Waals surface area (Å²) in [5.41, 5.74) is 2.29. The smallest absolute Gasteiger partial charge is 0.232 e. The Hall–Kier alpha value is -3.47. The number of amides is 1. The highest BCUT2D eigenvalue weighted by molar-refractivity contribution is 5.94. The lowest BCUT2D eigenvalue weighted by molar-refractivity contribution is -0.117. The molecule has 1 aromatic carbocycles. The van der Waals surface area contributed by atoms with Gasteiger partial charge in [0, 0.05) is 23.7 Å². The Morgan fingerprint density at radius 3 is 2.96 bits per heavy atom. The zero-order valence-electron chi connectivity index (χ0n) is 14.6. The van der Waals surface area contributed by atoms with Gasteiger partial charge in [0.1, 0.15) is 11.6 Å². The number of nitrogens with one attached hydrogen (secondary N) is 2. The fourth-order valence-corrected chi connectivity index (χ4v) is 2.85. The zero-order valence-corrected chi connectivity index (χ0v) is 14.6. The normalized spacial score (nSPS) is 14.6. The summed E-state index contributed by atoms with van der Waals surface area (Å²) in [5.74, 6) is -0.0948. The molecule has 2 N–H and O–H groups in total. The van der Waals surface area contributed by atoms with E-state index >= 15 is 0 Å². The summed E-state index contributed by atoms with van der Waals surface area (Å²) in [6, 6.07) is 7.75. The summed E-state index contributed by atoms with van der Waals surface area (Å²) < 4.78 is 15.1. The van der Waals surface area contributed by atoms with Gasteiger partial charge in [-0.3, -0.25) is 9.89 Å². The topological polar surface area (TPSA) is 99.4 Å². The van der Waals surface area contributed by atoms with Crippen molar-refractivity contribution in [3.05, 3.63) is 59.3 Å². The maximum atomic E-state index is 13.6. The number of rotatable bonds is 5. The fourth-order valence-electron chi connectivity index (χ4n) is 2.85. The molecule has 0 aliphatic heterocycles. The van der Waals surface area contributed by atoms with Gasteiger partial charge in [-0.05, 0) is 38.0 Å². The van der Waals surface area contributed by atoms with Gasteiger partial charge in [-0.25, -0.2) is 9.07 Å². The lowest BCUT2D eigenvalue weighted by Crippen LogP contribution is -2.18. The van der Waals surface area contributed by atoms with Gasteiger partial charge in [-0.15, -0.1) is 0 Å². The van der Waals surface area contributed by atoms with Gasteiger partial charge in [0.2, 0.25) is 5.91 Å². The molecule has 1 aliphatic carbocycles. The number of nitrogens with zero attached hydrogens (tertiary/aromatic N) is 4. The highest BCUT2D eigenvalue weighted by atomic mass is 19.1. The fraction of sp³-hybridized carbons (Fsp3) is 0.263. The molecule has 0 radical (unpaired) electrons. The van der Waals surface area contributed by atoms with Crippen molar-refractivity contribution in [3.63, 3.8) is 0 Å². The minimum atomic E-state index is -0.516. The lowest BCUT2D eigenvalue weighted by atomic mass is 10.0. The molecule has 1 fully saturated rings. The summed E-state index contributed by atoms with van der Waals surface area (Å²) in [7, 11) is 0. The highest BCUT2D eigenvalue weighted by Crippen LogP contribution is 2.39. The van der Waals surface area contributed by atoms with E-state index in [4.69, 9.17) is 5.26 Å². The molecule has 1 amide bonds. The maximum Gasteiger partial charge on any atom is 0.232 e. The second-order valence-electron chi connectivity index (χ2n) is 6.72. The lowest BCUT2D eigenvalue weighted by Gasteiger charge is -2.08. The van der Waals surface area contributed by atoms with Gasteiger partial charge in [-0.1, -0.05) is 0 Å². The number of carbonyl (C=O) groups is 1. The van der Waals surface area contributed by atoms with E-state index in [1.165, 1.54) is 16.8 Å². The Kier molecular flexibility index (Phi) is 4.20. The van der Waals surface area contributed by atoms with Crippen molar-refractivity contribution in [2.45, 2.75) is 31.6 Å². The third kappa shape index (κ3) is 3.58. The van der Waals surface area contributed by atoms with E-state index in [1.807, 2.05) is 12.1 Å². The monoisotopic (exact) mass is 364 g/mol. The molecule has 8 heteroatoms. The molecule has 27 heavy (non-hydrogen) atoms. The second-order valence-corrected chi connectivity index (χ2v) is 6.72. The first kappa shape index (κ1) is 17.0. The van der Waals surface area contributed by atoms with Crippen molar-refractivity contribution < 1.29 is 9.18 Å². The predicted octanol–water partition coefficient (Wildman–Crippen LogP) is 3.23. The highest BCUT2D eigenvalue weighted by Gasteiger charge is 2.26. The molecule has 4 rings (SSSR count). The minimum absolute atomic E-state index is 0.197. The van der Waals surface area contributed by atoms with Crippen molar-refractivity contribution in [1.82, 2.24) is 20.0 Å². The van der Waals surface area contributed by atoms with E-state index in [0.717, 1.165) is 24.6 Å². The van der Waals surface area contributed by atoms with Gasteiger partial charge < -0.3 is 5.32 Å². The van der Waals surface area contributed by atoms with Gasteiger partial charge in [-0.2, -0.15) is 15.5 Å². The molecular weight excluding hydrogens is 347 g/mol. The van der Waals surface area contributed by atoms with Crippen LogP contribution in [0.4, 0.5) is 10.2 Å². The van der Waals surface area contributed by atoms with E-state index in [1.54, 1.807) is 19.3 Å². The molecule has 136 valence electrons. The van der Waals surface area contributed by atoms with Gasteiger partial charge >= 0.3 is 0 Å². The van der Waals surface area contributed by atoms with Crippen LogP contribution in [0, 0.1) is 17.1 Å². The average Bonchev–Trinajstić information content (AvgIpc) is 3.20. The Bertz CT molecular complexity index is 1040. The summed E-state index contributed by atoms with van der Waals surface area (Å²) >= 11 is 0. The van der Waals surface area contributed by atoms with Crippen LogP contribution in [0.15, 0.2) is 36.7 Å². The van der Waals surface area contributed by atoms with E-state index in [2.05, 4.69) is 20.6 Å². The number of anilines is 1. The largest absolute Gasteiger partial charge is 0.311 e. The minimum Gasteiger partial charge on any atom is -0.311 e. The van der Waals surface area contributed by atoms with Crippen LogP contribution < -0.4 is 5.32 Å². The van der Waals surface area contributed by atoms with E-state index in [-0.39, 0.29) is 11.5 Å². The molecule has 1 saturated carbocycles. The average molecular weight is 364 g/mol. The first-order chi connectivity index (χ1) is 13.0. The van der Waals surface area contributed by atoms with Crippen molar-refractivity contribution in [1.29, 1.82) is 5.26 Å². The van der Waals surface area contributed by atoms with Gasteiger partial charge in [0.15, 0.2) is 0 Å². The number of H-pyrrole nitrogens is 1. The predicted molar refractivity (Wildman–Crippen MR) is 95.8 cm³/mol. The SMILES string of the molecule is CC(C(=O)Nc1cc(C2CC2)n[nH]1)c1cnn(-c2cc(F)cc(C#N)c2)c1. The van der Waals surface area contributed by atoms with E-state index in [9.17, 15) is 9.18 Å². The van der Waals surface area contributed by atoms with Gasteiger partial charge in [0.25, 0.3) is 0 Å². The summed E-state index contributed by atoms with van der Waals surface area (Å²) in [4.78, 5) is 12.5. The third-order valence-electron chi connectivity index (χ3n) is 4.62. The van der Waals surface area contributed by atoms with Crippen LogP contribution in [-0.4, -0.2) is 25.9 Å². The molecule has 1 unspecified atom stereocenters. The standard InChI is InChI=1S/C19H17FN6O/c1-11(19(27)23-18-7-17(24-25-18)13-2-3-13)14-9-22-26(10-14)16-5-12(8-21)4-15(20)6-16/h4-7,9-11,13H,2-3H2,1H3,(H2,23,24,25,27). The van der Waals surface area contributed by atoms with Crippen LogP contribution in [0.3, 0.4) is 0 Å². The van der Waals surface area contributed by atoms with Crippen LogP contribution in [0.2, 0.25) is 0 Å². The molecule has 0 saturated heterocycles. The summed E-state index contributed by atoms with van der Waals surface area (Å²) in [5, 5.41) is 23.0. The molecule has 3 aromatic rings. The summed E-state index contributed by atoms with van der Waals surface area (Å²) in [6.45, 7) is 1.77. The molecule has 2 heterocycles. The molecule has 0 spiro atoms. The number of hydrogen-bond donors (Lipinski definition) is 2. The Morgan fingerprint density at radius 2 is 2.22 bits per heavy atom. The number of nitriles is 1. The van der Waals surface area contributed by atoms with Crippen molar-refractivity contribution in [2.75, 3.05) is 5.32 Å². The maximum absolute atomic E-state index is 13.6. The van der Waals surface area contributed by atoms with Crippen molar-refractivity contribution >= 4 is 11.7 Å². The van der Waals surface area contributed by atoms with E-state index < -0.39 is 11.7 Å². The number of carbonyl (C=O) groups excluding carboxylic acids is 1. The number of hydrogen-bond acceptors (Lipinski definition) is 4. The second kappa shape index (κ2) is 6.68. The van der Waals surface area contributed by atoms with Crippen LogP contribution in [0.1, 0.15) is 48.4 Å². The van der Waals surface area contributed by atoms with Crippen LogP contribution in [-0.2, 0) is 4.79 Å². The molecule has 2 aromatic heterocycles. The zero-order chi connectivity index (χ0) is 19.0. The number of halogens is 1. The molecule has 7 nitrogen and oxygen atoms in total. The third-order valence-corrected chi connectivity index (χ3v) is 4.62.